The zero-order chi connectivity index (χ0) is 16.4. The summed E-state index contributed by atoms with van der Waals surface area (Å²) in [4.78, 5) is 13.7. The molecule has 4 heteroatoms. The molecule has 1 aromatic heterocycles. The van der Waals surface area contributed by atoms with Crippen molar-refractivity contribution in [1.82, 2.24) is 9.47 Å². The summed E-state index contributed by atoms with van der Waals surface area (Å²) in [7, 11) is 2.09. The van der Waals surface area contributed by atoms with Crippen LogP contribution in [0.2, 0.25) is 0 Å². The summed E-state index contributed by atoms with van der Waals surface area (Å²) < 4.78 is 7.66. The van der Waals surface area contributed by atoms with Crippen LogP contribution in [0.5, 0.6) is 0 Å². The van der Waals surface area contributed by atoms with Gasteiger partial charge in [0.15, 0.2) is 0 Å². The Morgan fingerprint density at radius 3 is 2.70 bits per heavy atom. The van der Waals surface area contributed by atoms with E-state index in [0.29, 0.717) is 6.42 Å². The second-order valence-corrected chi connectivity index (χ2v) is 6.51. The maximum atomic E-state index is 11.3. The lowest BCUT2D eigenvalue weighted by Crippen LogP contribution is -2.21. The molecular formula is C19H26N2O2. The molecule has 1 aliphatic rings. The summed E-state index contributed by atoms with van der Waals surface area (Å²) in [6.07, 6.45) is 3.63. The number of nitrogens with zero attached hydrogens (tertiary/aromatic N) is 2. The smallest absolute Gasteiger partial charge is 0.130 e. The summed E-state index contributed by atoms with van der Waals surface area (Å²) in [5, 5.41) is 1.30. The number of fused-ring (bicyclic) bond motifs is 2. The minimum absolute atomic E-state index is 0.255. The van der Waals surface area contributed by atoms with Gasteiger partial charge in [-0.15, -0.1) is 0 Å². The summed E-state index contributed by atoms with van der Waals surface area (Å²) in [6, 6.07) is 4.66. The highest BCUT2D eigenvalue weighted by molar-refractivity contribution is 5.86. The van der Waals surface area contributed by atoms with Gasteiger partial charge in [0.1, 0.15) is 5.78 Å². The van der Waals surface area contributed by atoms with Crippen molar-refractivity contribution in [1.29, 1.82) is 0 Å². The summed E-state index contributed by atoms with van der Waals surface area (Å²) in [5.74, 6) is 0.255. The van der Waals surface area contributed by atoms with Crippen LogP contribution in [0.3, 0.4) is 0 Å². The molecular weight excluding hydrogens is 288 g/mol. The largest absolute Gasteiger partial charge is 0.380 e. The molecule has 0 spiro atoms. The molecule has 1 aliphatic heterocycles. The Bertz CT molecular complexity index is 718. The molecule has 0 unspecified atom stereocenters. The van der Waals surface area contributed by atoms with Crippen molar-refractivity contribution in [3.63, 3.8) is 0 Å². The molecule has 0 amide bonds. The first-order chi connectivity index (χ1) is 11.1. The number of carbonyl (C=O) groups is 1. The third-order valence-electron chi connectivity index (χ3n) is 4.68. The summed E-state index contributed by atoms with van der Waals surface area (Å²) >= 11 is 0. The molecule has 0 bridgehead atoms. The van der Waals surface area contributed by atoms with Gasteiger partial charge in [-0.3, -0.25) is 4.90 Å². The molecule has 0 fully saturated rings. The molecule has 1 aromatic carbocycles. The van der Waals surface area contributed by atoms with Gasteiger partial charge in [-0.05, 0) is 49.1 Å². The van der Waals surface area contributed by atoms with E-state index in [1.54, 1.807) is 6.92 Å². The molecule has 4 nitrogen and oxygen atoms in total. The Kier molecular flexibility index (Phi) is 4.83. The second-order valence-electron chi connectivity index (χ2n) is 6.51. The first-order valence-electron chi connectivity index (χ1n) is 8.47. The number of carbonyl (C=O) groups excluding carboxylic acids is 1. The van der Waals surface area contributed by atoms with Crippen molar-refractivity contribution in [3.8, 4) is 0 Å². The molecule has 23 heavy (non-hydrogen) atoms. The molecule has 0 saturated carbocycles. The van der Waals surface area contributed by atoms with E-state index in [1.807, 2.05) is 6.92 Å². The van der Waals surface area contributed by atoms with Gasteiger partial charge in [-0.2, -0.15) is 0 Å². The number of ketones is 1. The van der Waals surface area contributed by atoms with Crippen molar-refractivity contribution < 1.29 is 9.53 Å². The van der Waals surface area contributed by atoms with Gasteiger partial charge in [-0.25, -0.2) is 0 Å². The Balaban J connectivity index is 1.81. The van der Waals surface area contributed by atoms with Crippen molar-refractivity contribution in [3.05, 3.63) is 35.0 Å². The van der Waals surface area contributed by atoms with Crippen LogP contribution in [0.15, 0.2) is 18.3 Å². The molecule has 0 radical (unpaired) electrons. The summed E-state index contributed by atoms with van der Waals surface area (Å²) in [6.45, 7) is 8.27. The highest BCUT2D eigenvalue weighted by Crippen LogP contribution is 2.30. The number of hydrogen-bond acceptors (Lipinski definition) is 3. The zero-order valence-corrected chi connectivity index (χ0v) is 14.4. The predicted molar refractivity (Wildman–Crippen MR) is 92.5 cm³/mol. The first-order valence-corrected chi connectivity index (χ1v) is 8.47. The van der Waals surface area contributed by atoms with Crippen molar-refractivity contribution >= 4 is 16.7 Å². The summed E-state index contributed by atoms with van der Waals surface area (Å²) in [5.41, 5.74) is 5.40. The van der Waals surface area contributed by atoms with Crippen LogP contribution in [0.1, 0.15) is 37.0 Å². The number of Topliss-reactive ketones (excluding diaryl/α,β-unsaturated/α-hetero) is 1. The number of benzene rings is 1. The Labute approximate surface area is 138 Å². The van der Waals surface area contributed by atoms with Gasteiger partial charge in [0.05, 0.1) is 6.61 Å². The van der Waals surface area contributed by atoms with Gasteiger partial charge >= 0.3 is 0 Å². The van der Waals surface area contributed by atoms with Crippen molar-refractivity contribution in [2.24, 2.45) is 7.05 Å². The van der Waals surface area contributed by atoms with Crippen LogP contribution < -0.4 is 0 Å². The van der Waals surface area contributed by atoms with Gasteiger partial charge in [-0.1, -0.05) is 0 Å². The fraction of sp³-hybridized carbons (Fsp3) is 0.526. The molecule has 124 valence electrons. The Hall–Kier alpha value is -1.65. The Morgan fingerprint density at radius 1 is 1.26 bits per heavy atom. The standard InChI is InChI=1S/C19H26N2O2/c1-4-23-8-7-21-12-16-9-18-15(6-5-14(2)22)11-20(3)19(18)10-17(16)13-21/h9-11H,4-8,12-13H2,1-3H3. The second kappa shape index (κ2) is 6.85. The molecule has 0 N–H and O–H groups in total. The van der Waals surface area contributed by atoms with E-state index in [-0.39, 0.29) is 5.78 Å². The van der Waals surface area contributed by atoms with Gasteiger partial charge in [0, 0.05) is 56.8 Å². The van der Waals surface area contributed by atoms with Gasteiger partial charge < -0.3 is 14.1 Å². The Morgan fingerprint density at radius 2 is 2.00 bits per heavy atom. The topological polar surface area (TPSA) is 34.5 Å². The number of rotatable bonds is 7. The predicted octanol–water partition coefficient (Wildman–Crippen LogP) is 3.05. The number of aromatic nitrogens is 1. The van der Waals surface area contributed by atoms with Crippen LogP contribution in [-0.4, -0.2) is 35.0 Å². The van der Waals surface area contributed by atoms with Gasteiger partial charge in [0.25, 0.3) is 0 Å². The van der Waals surface area contributed by atoms with Crippen molar-refractivity contribution in [2.75, 3.05) is 19.8 Å². The van der Waals surface area contributed by atoms with E-state index in [4.69, 9.17) is 4.74 Å². The van der Waals surface area contributed by atoms with E-state index < -0.39 is 0 Å². The lowest BCUT2D eigenvalue weighted by Gasteiger charge is -2.13. The van der Waals surface area contributed by atoms with E-state index in [1.165, 1.54) is 27.6 Å². The maximum absolute atomic E-state index is 11.3. The fourth-order valence-electron chi connectivity index (χ4n) is 3.44. The van der Waals surface area contributed by atoms with E-state index in [2.05, 4.69) is 34.8 Å². The van der Waals surface area contributed by atoms with Crippen LogP contribution >= 0.6 is 0 Å². The average Bonchev–Trinajstić information content (AvgIpc) is 3.04. The maximum Gasteiger partial charge on any atom is 0.130 e. The highest BCUT2D eigenvalue weighted by atomic mass is 16.5. The van der Waals surface area contributed by atoms with Crippen LogP contribution in [-0.2, 0) is 36.1 Å². The molecule has 3 rings (SSSR count). The molecule has 2 aromatic rings. The van der Waals surface area contributed by atoms with Crippen LogP contribution in [0.4, 0.5) is 0 Å². The third kappa shape index (κ3) is 3.48. The number of ether oxygens (including phenoxy) is 1. The quantitative estimate of drug-likeness (QED) is 0.737. The molecule has 0 aliphatic carbocycles. The minimum atomic E-state index is 0.255. The monoisotopic (exact) mass is 314 g/mol. The van der Waals surface area contributed by atoms with Crippen LogP contribution in [0, 0.1) is 0 Å². The third-order valence-corrected chi connectivity index (χ3v) is 4.68. The average molecular weight is 314 g/mol. The van der Waals surface area contributed by atoms with Gasteiger partial charge in [0.2, 0.25) is 0 Å². The number of hydrogen-bond donors (Lipinski definition) is 0. The zero-order valence-electron chi connectivity index (χ0n) is 14.4. The first kappa shape index (κ1) is 16.2. The molecule has 0 atom stereocenters. The molecule has 0 saturated heterocycles. The van der Waals surface area contributed by atoms with Crippen LogP contribution in [0.25, 0.3) is 10.9 Å². The van der Waals surface area contributed by atoms with E-state index in [9.17, 15) is 4.79 Å². The lowest BCUT2D eigenvalue weighted by atomic mass is 10.0. The minimum Gasteiger partial charge on any atom is -0.380 e. The lowest BCUT2D eigenvalue weighted by molar-refractivity contribution is -0.116. The van der Waals surface area contributed by atoms with Crippen molar-refractivity contribution in [2.45, 2.75) is 39.8 Å². The SMILES string of the molecule is CCOCCN1Cc2cc3c(CCC(C)=O)cn(C)c3cc2C1. The van der Waals surface area contributed by atoms with E-state index in [0.717, 1.165) is 39.3 Å². The fourth-order valence-corrected chi connectivity index (χ4v) is 3.44. The van der Waals surface area contributed by atoms with E-state index >= 15 is 0 Å². The normalized spacial score (nSPS) is 14.6. The highest BCUT2D eigenvalue weighted by Gasteiger charge is 2.21. The molecule has 2 heterocycles. The number of aryl methyl sites for hydroxylation is 2.